The Bertz CT molecular complexity index is 277. The smallest absolute Gasteiger partial charge is 0.279 e. The highest BCUT2D eigenvalue weighted by Gasteiger charge is 2.21. The van der Waals surface area contributed by atoms with Crippen molar-refractivity contribution < 1.29 is 8.42 Å². The molecule has 1 fully saturated rings. The van der Waals surface area contributed by atoms with Crippen molar-refractivity contribution in [2.75, 3.05) is 32.7 Å². The number of nitrogens with one attached hydrogen (secondary N) is 2. The molecule has 0 aliphatic carbocycles. The second kappa shape index (κ2) is 9.10. The van der Waals surface area contributed by atoms with Crippen molar-refractivity contribution in [3.8, 4) is 0 Å². The molecule has 2 N–H and O–H groups in total. The Labute approximate surface area is 111 Å². The fourth-order valence-electron chi connectivity index (χ4n) is 1.82. The van der Waals surface area contributed by atoms with Gasteiger partial charge in [0.1, 0.15) is 0 Å². The van der Waals surface area contributed by atoms with Crippen molar-refractivity contribution >= 4 is 22.6 Å². The Morgan fingerprint density at radius 1 is 1.06 bits per heavy atom. The van der Waals surface area contributed by atoms with Crippen molar-refractivity contribution in [3.05, 3.63) is 0 Å². The topological polar surface area (TPSA) is 61.4 Å². The first-order chi connectivity index (χ1) is 7.67. The molecule has 0 aromatic rings. The molecule has 0 bridgehead atoms. The molecule has 0 saturated carbocycles. The number of likely N-dealkylation sites (N-methyl/N-ethyl adjacent to an activating group) is 1. The van der Waals surface area contributed by atoms with Crippen LogP contribution >= 0.6 is 12.4 Å². The highest BCUT2D eigenvalue weighted by atomic mass is 35.5. The lowest BCUT2D eigenvalue weighted by Crippen LogP contribution is -2.43. The Morgan fingerprint density at radius 2 is 1.65 bits per heavy atom. The third-order valence-electron chi connectivity index (χ3n) is 2.74. The molecular formula is C10H24ClN3O2S. The van der Waals surface area contributed by atoms with E-state index in [-0.39, 0.29) is 12.4 Å². The van der Waals surface area contributed by atoms with Crippen LogP contribution in [0, 0.1) is 0 Å². The lowest BCUT2D eigenvalue weighted by molar-refractivity contribution is 0.414. The van der Waals surface area contributed by atoms with Crippen LogP contribution in [-0.4, -0.2) is 45.4 Å². The molecule has 1 saturated heterocycles. The molecule has 0 unspecified atom stereocenters. The van der Waals surface area contributed by atoms with Gasteiger partial charge in [0.05, 0.1) is 0 Å². The van der Waals surface area contributed by atoms with Gasteiger partial charge in [-0.15, -0.1) is 12.4 Å². The van der Waals surface area contributed by atoms with Gasteiger partial charge in [-0.25, -0.2) is 4.72 Å². The normalized spacial score (nSPS) is 18.4. The third-order valence-corrected chi connectivity index (χ3v) is 4.36. The van der Waals surface area contributed by atoms with Gasteiger partial charge in [-0.2, -0.15) is 12.7 Å². The van der Waals surface area contributed by atoms with Gasteiger partial charge in [-0.1, -0.05) is 19.8 Å². The van der Waals surface area contributed by atoms with Crippen molar-refractivity contribution in [2.24, 2.45) is 0 Å². The SMILES string of the molecule is CCNCCNS(=O)(=O)N1CCCCCC1.Cl. The fourth-order valence-corrected chi connectivity index (χ4v) is 3.10. The highest BCUT2D eigenvalue weighted by Crippen LogP contribution is 2.11. The van der Waals surface area contributed by atoms with E-state index in [1.54, 1.807) is 4.31 Å². The Kier molecular flexibility index (Phi) is 9.17. The zero-order chi connectivity index (χ0) is 11.9. The van der Waals surface area contributed by atoms with Crippen LogP contribution in [0.4, 0.5) is 0 Å². The van der Waals surface area contributed by atoms with E-state index < -0.39 is 10.2 Å². The van der Waals surface area contributed by atoms with E-state index in [1.807, 2.05) is 6.92 Å². The lowest BCUT2D eigenvalue weighted by atomic mass is 10.2. The van der Waals surface area contributed by atoms with Gasteiger partial charge < -0.3 is 5.32 Å². The average Bonchev–Trinajstić information content (AvgIpc) is 2.53. The van der Waals surface area contributed by atoms with E-state index in [4.69, 9.17) is 0 Å². The largest absolute Gasteiger partial charge is 0.316 e. The first-order valence-electron chi connectivity index (χ1n) is 6.12. The van der Waals surface area contributed by atoms with Crippen LogP contribution in [0.5, 0.6) is 0 Å². The molecule has 7 heteroatoms. The van der Waals surface area contributed by atoms with Crippen molar-refractivity contribution in [2.45, 2.75) is 32.6 Å². The molecule has 0 radical (unpaired) electrons. The molecule has 0 aromatic heterocycles. The van der Waals surface area contributed by atoms with Crippen LogP contribution in [-0.2, 0) is 10.2 Å². The predicted molar refractivity (Wildman–Crippen MR) is 72.8 cm³/mol. The Morgan fingerprint density at radius 3 is 2.18 bits per heavy atom. The first kappa shape index (κ1) is 17.1. The zero-order valence-electron chi connectivity index (χ0n) is 10.4. The quantitative estimate of drug-likeness (QED) is 0.707. The fraction of sp³-hybridized carbons (Fsp3) is 1.00. The molecule has 0 amide bonds. The molecule has 0 atom stereocenters. The molecule has 5 nitrogen and oxygen atoms in total. The van der Waals surface area contributed by atoms with E-state index in [2.05, 4.69) is 10.0 Å². The molecule has 0 spiro atoms. The van der Waals surface area contributed by atoms with Crippen LogP contribution in [0.1, 0.15) is 32.6 Å². The second-order valence-electron chi connectivity index (χ2n) is 4.07. The molecule has 1 heterocycles. The van der Waals surface area contributed by atoms with Crippen LogP contribution in [0.15, 0.2) is 0 Å². The van der Waals surface area contributed by atoms with E-state index in [0.717, 1.165) is 32.2 Å². The maximum absolute atomic E-state index is 11.9. The third kappa shape index (κ3) is 6.57. The first-order valence-corrected chi connectivity index (χ1v) is 7.56. The molecule has 17 heavy (non-hydrogen) atoms. The molecule has 1 rings (SSSR count). The van der Waals surface area contributed by atoms with E-state index in [1.165, 1.54) is 0 Å². The van der Waals surface area contributed by atoms with Gasteiger partial charge in [-0.05, 0) is 19.4 Å². The average molecular weight is 286 g/mol. The van der Waals surface area contributed by atoms with Gasteiger partial charge >= 0.3 is 0 Å². The molecule has 1 aliphatic rings. The van der Waals surface area contributed by atoms with Crippen LogP contribution in [0.25, 0.3) is 0 Å². The number of nitrogens with zero attached hydrogens (tertiary/aromatic N) is 1. The van der Waals surface area contributed by atoms with E-state index >= 15 is 0 Å². The minimum absolute atomic E-state index is 0. The second-order valence-corrected chi connectivity index (χ2v) is 5.82. The summed E-state index contributed by atoms with van der Waals surface area (Å²) in [7, 11) is -3.24. The van der Waals surface area contributed by atoms with Crippen LogP contribution < -0.4 is 10.0 Å². The maximum atomic E-state index is 11.9. The van der Waals surface area contributed by atoms with Gasteiger partial charge in [0, 0.05) is 26.2 Å². The molecule has 1 aliphatic heterocycles. The van der Waals surface area contributed by atoms with Crippen LogP contribution in [0.3, 0.4) is 0 Å². The number of hydrogen-bond donors (Lipinski definition) is 2. The summed E-state index contributed by atoms with van der Waals surface area (Å²) >= 11 is 0. The molecule has 104 valence electrons. The highest BCUT2D eigenvalue weighted by molar-refractivity contribution is 7.87. The zero-order valence-corrected chi connectivity index (χ0v) is 12.1. The molecule has 0 aromatic carbocycles. The van der Waals surface area contributed by atoms with Crippen molar-refractivity contribution in [1.82, 2.24) is 14.3 Å². The minimum atomic E-state index is -3.24. The van der Waals surface area contributed by atoms with Gasteiger partial charge in [0.15, 0.2) is 0 Å². The summed E-state index contributed by atoms with van der Waals surface area (Å²) in [6, 6.07) is 0. The summed E-state index contributed by atoms with van der Waals surface area (Å²) in [6.45, 7) is 5.35. The standard InChI is InChI=1S/C10H23N3O2S.ClH/c1-2-11-7-8-12-16(14,15)13-9-5-3-4-6-10-13;/h11-12H,2-10H2,1H3;1H. The summed E-state index contributed by atoms with van der Waals surface area (Å²) in [6.07, 6.45) is 4.25. The molecular weight excluding hydrogens is 262 g/mol. The van der Waals surface area contributed by atoms with Gasteiger partial charge in [0.25, 0.3) is 10.2 Å². The number of halogens is 1. The summed E-state index contributed by atoms with van der Waals surface area (Å²) in [5, 5.41) is 3.09. The Hall–Kier alpha value is 0.120. The summed E-state index contributed by atoms with van der Waals surface area (Å²) < 4.78 is 28.0. The van der Waals surface area contributed by atoms with Crippen molar-refractivity contribution in [1.29, 1.82) is 0 Å². The van der Waals surface area contributed by atoms with E-state index in [9.17, 15) is 8.42 Å². The summed E-state index contributed by atoms with van der Waals surface area (Å²) in [4.78, 5) is 0. The predicted octanol–water partition coefficient (Wildman–Crippen LogP) is 0.728. The summed E-state index contributed by atoms with van der Waals surface area (Å²) in [5.41, 5.74) is 0. The van der Waals surface area contributed by atoms with E-state index in [0.29, 0.717) is 26.2 Å². The van der Waals surface area contributed by atoms with Gasteiger partial charge in [0.2, 0.25) is 0 Å². The van der Waals surface area contributed by atoms with Crippen LogP contribution in [0.2, 0.25) is 0 Å². The lowest BCUT2D eigenvalue weighted by Gasteiger charge is -2.20. The van der Waals surface area contributed by atoms with Crippen molar-refractivity contribution in [3.63, 3.8) is 0 Å². The number of rotatable bonds is 6. The maximum Gasteiger partial charge on any atom is 0.279 e. The monoisotopic (exact) mass is 285 g/mol. The van der Waals surface area contributed by atoms with Gasteiger partial charge in [-0.3, -0.25) is 0 Å². The minimum Gasteiger partial charge on any atom is -0.316 e. The summed E-state index contributed by atoms with van der Waals surface area (Å²) in [5.74, 6) is 0. The number of hydrogen-bond acceptors (Lipinski definition) is 3. The Balaban J connectivity index is 0.00000256.